The van der Waals surface area contributed by atoms with Gasteiger partial charge in [0.15, 0.2) is 5.78 Å². The number of ketones is 1. The lowest BCUT2D eigenvalue weighted by atomic mass is 9.88. The minimum absolute atomic E-state index is 0.155. The number of allylic oxidation sites excluding steroid dienone is 1. The monoisotopic (exact) mass is 510 g/mol. The number of fused-ring (bicyclic) bond motifs is 1. The Morgan fingerprint density at radius 3 is 2.53 bits per heavy atom. The molecule has 0 spiro atoms. The zero-order valence-electron chi connectivity index (χ0n) is 22.7. The lowest BCUT2D eigenvalue weighted by Crippen LogP contribution is -2.36. The summed E-state index contributed by atoms with van der Waals surface area (Å²) in [5.74, 6) is -1.04. The summed E-state index contributed by atoms with van der Waals surface area (Å²) in [4.78, 5) is 26.7. The Balaban J connectivity index is 1.49. The highest BCUT2D eigenvalue weighted by Gasteiger charge is 2.27. The van der Waals surface area contributed by atoms with Crippen LogP contribution in [0.5, 0.6) is 0 Å². The van der Waals surface area contributed by atoms with Gasteiger partial charge >= 0.3 is 0 Å². The summed E-state index contributed by atoms with van der Waals surface area (Å²) < 4.78 is 25.7. The fourth-order valence-electron chi connectivity index (χ4n) is 5.11. The molecule has 6 heteroatoms. The van der Waals surface area contributed by atoms with Gasteiger partial charge in [0, 0.05) is 24.0 Å². The van der Waals surface area contributed by atoms with Crippen LogP contribution >= 0.6 is 0 Å². The second kappa shape index (κ2) is 11.1. The van der Waals surface area contributed by atoms with Gasteiger partial charge in [0.2, 0.25) is 5.91 Å². The molecule has 0 N–H and O–H groups in total. The van der Waals surface area contributed by atoms with E-state index in [1.165, 1.54) is 36.1 Å². The van der Waals surface area contributed by atoms with Crippen LogP contribution in [0, 0.1) is 11.7 Å². The molecule has 3 aromatic carbocycles. The van der Waals surface area contributed by atoms with E-state index in [1.807, 2.05) is 54.3 Å². The van der Waals surface area contributed by atoms with Crippen molar-refractivity contribution in [2.75, 3.05) is 4.90 Å². The molecule has 1 amide bonds. The smallest absolute Gasteiger partial charge is 0.230 e. The minimum Gasteiger partial charge on any atom is -0.308 e. The fourth-order valence-corrected chi connectivity index (χ4v) is 5.11. The number of benzene rings is 3. The van der Waals surface area contributed by atoms with Gasteiger partial charge in [-0.3, -0.25) is 14.3 Å². The standard InChI is InChI=1S/C32H32FN3O2/c1-22(37)8-9-24-16-29(33)19-30(17-24)36(32(38)26-6-4-3-5-7-26)21-23-10-12-25(13-11-23)27-14-15-31-28(18-27)20-34-35(31)2/h8-20,26H,3-7,21H2,1-2H3/b9-8+/i21D/t21-/m0/s1. The predicted octanol–water partition coefficient (Wildman–Crippen LogP) is 7.10. The van der Waals surface area contributed by atoms with Gasteiger partial charge in [-0.25, -0.2) is 4.39 Å². The van der Waals surface area contributed by atoms with Crippen molar-refractivity contribution in [1.82, 2.24) is 9.78 Å². The molecule has 1 heterocycles. The zero-order valence-corrected chi connectivity index (χ0v) is 21.7. The van der Waals surface area contributed by atoms with Crippen molar-refractivity contribution >= 4 is 34.4 Å². The molecular weight excluding hydrogens is 477 g/mol. The van der Waals surface area contributed by atoms with E-state index in [-0.39, 0.29) is 17.6 Å². The Morgan fingerprint density at radius 1 is 1.05 bits per heavy atom. The number of carbonyl (C=O) groups is 2. The first-order chi connectivity index (χ1) is 18.8. The van der Waals surface area contributed by atoms with Crippen LogP contribution in [0.25, 0.3) is 28.1 Å². The molecule has 194 valence electrons. The average Bonchev–Trinajstić information content (AvgIpc) is 3.32. The Bertz CT molecular complexity index is 1540. The highest BCUT2D eigenvalue weighted by atomic mass is 19.1. The molecule has 0 saturated heterocycles. The number of carbonyl (C=O) groups excluding carboxylic acids is 2. The Hall–Kier alpha value is -4.06. The Labute approximate surface area is 224 Å². The van der Waals surface area contributed by atoms with E-state index < -0.39 is 12.3 Å². The van der Waals surface area contributed by atoms with Crippen molar-refractivity contribution in [2.24, 2.45) is 13.0 Å². The van der Waals surface area contributed by atoms with E-state index in [2.05, 4.69) is 11.2 Å². The number of aromatic nitrogens is 2. The highest BCUT2D eigenvalue weighted by molar-refractivity contribution is 5.96. The summed E-state index contributed by atoms with van der Waals surface area (Å²) in [5.41, 5.74) is 4.49. The number of hydrogen-bond donors (Lipinski definition) is 0. The third kappa shape index (κ3) is 5.75. The van der Waals surface area contributed by atoms with E-state index in [4.69, 9.17) is 1.37 Å². The van der Waals surface area contributed by atoms with Crippen molar-refractivity contribution in [3.63, 3.8) is 0 Å². The normalized spacial score (nSPS) is 15.5. The number of halogens is 1. The summed E-state index contributed by atoms with van der Waals surface area (Å²) in [7, 11) is 1.91. The van der Waals surface area contributed by atoms with Crippen LogP contribution in [0.3, 0.4) is 0 Å². The Morgan fingerprint density at radius 2 is 1.79 bits per heavy atom. The number of nitrogens with zero attached hydrogens (tertiary/aromatic N) is 3. The highest BCUT2D eigenvalue weighted by Crippen LogP contribution is 2.31. The Kier molecular flexibility index (Phi) is 7.12. The SMILES string of the molecule is [2H][C@@H](c1ccc(-c2ccc3c(cnn3C)c2)cc1)N(C(=O)C1CCCCC1)c1cc(F)cc(/C=C/C(C)=O)c1. The van der Waals surface area contributed by atoms with Crippen LogP contribution in [0.2, 0.25) is 0 Å². The molecule has 1 aliphatic rings. The van der Waals surface area contributed by atoms with E-state index in [1.54, 1.807) is 6.07 Å². The molecule has 0 aliphatic heterocycles. The first-order valence-corrected chi connectivity index (χ1v) is 13.1. The first-order valence-electron chi connectivity index (χ1n) is 13.6. The third-order valence-electron chi connectivity index (χ3n) is 7.15. The van der Waals surface area contributed by atoms with Crippen molar-refractivity contribution in [3.8, 4) is 11.1 Å². The van der Waals surface area contributed by atoms with E-state index in [0.717, 1.165) is 54.1 Å². The summed E-state index contributed by atoms with van der Waals surface area (Å²) in [5, 5.41) is 5.35. The lowest BCUT2D eigenvalue weighted by molar-refractivity contribution is -0.123. The van der Waals surface area contributed by atoms with Gasteiger partial charge in [-0.2, -0.15) is 5.10 Å². The van der Waals surface area contributed by atoms with Crippen LogP contribution in [-0.2, 0) is 23.2 Å². The molecule has 38 heavy (non-hydrogen) atoms. The number of rotatable bonds is 7. The first kappa shape index (κ1) is 24.3. The van der Waals surface area contributed by atoms with Gasteiger partial charge in [-0.1, -0.05) is 55.7 Å². The number of aryl methyl sites for hydroxylation is 1. The molecule has 1 saturated carbocycles. The molecule has 5 nitrogen and oxygen atoms in total. The second-order valence-corrected chi connectivity index (χ2v) is 10.0. The van der Waals surface area contributed by atoms with Crippen molar-refractivity contribution in [1.29, 1.82) is 0 Å². The van der Waals surface area contributed by atoms with Crippen LogP contribution in [0.1, 0.15) is 51.5 Å². The molecule has 1 aromatic heterocycles. The summed E-state index contributed by atoms with van der Waals surface area (Å²) >= 11 is 0. The second-order valence-electron chi connectivity index (χ2n) is 10.0. The molecule has 0 unspecified atom stereocenters. The van der Waals surface area contributed by atoms with Gasteiger partial charge in [0.05, 0.1) is 19.6 Å². The third-order valence-corrected chi connectivity index (χ3v) is 7.15. The zero-order chi connectivity index (χ0) is 27.5. The van der Waals surface area contributed by atoms with Gasteiger partial charge in [-0.05, 0) is 78.4 Å². The van der Waals surface area contributed by atoms with Crippen molar-refractivity contribution in [3.05, 3.63) is 89.9 Å². The molecule has 5 rings (SSSR count). The van der Waals surface area contributed by atoms with Gasteiger partial charge in [0.1, 0.15) is 5.82 Å². The van der Waals surface area contributed by atoms with Gasteiger partial charge in [0.25, 0.3) is 0 Å². The van der Waals surface area contributed by atoms with Gasteiger partial charge < -0.3 is 4.90 Å². The van der Waals surface area contributed by atoms with Crippen LogP contribution in [0.4, 0.5) is 10.1 Å². The average molecular weight is 511 g/mol. The summed E-state index contributed by atoms with van der Waals surface area (Å²) in [6.07, 6.45) is 9.31. The van der Waals surface area contributed by atoms with E-state index >= 15 is 0 Å². The van der Waals surface area contributed by atoms with E-state index in [9.17, 15) is 14.0 Å². The largest absolute Gasteiger partial charge is 0.308 e. The van der Waals surface area contributed by atoms with Crippen molar-refractivity contribution in [2.45, 2.75) is 45.5 Å². The molecule has 0 bridgehead atoms. The van der Waals surface area contributed by atoms with Crippen LogP contribution < -0.4 is 4.90 Å². The predicted molar refractivity (Wildman–Crippen MR) is 150 cm³/mol. The molecule has 1 fully saturated rings. The molecule has 4 aromatic rings. The number of anilines is 1. The van der Waals surface area contributed by atoms with Crippen molar-refractivity contribution < 1.29 is 15.4 Å². The number of amides is 1. The summed E-state index contributed by atoms with van der Waals surface area (Å²) in [6.45, 7) is 0.370. The van der Waals surface area contributed by atoms with Crippen LogP contribution in [-0.4, -0.2) is 21.5 Å². The maximum absolute atomic E-state index is 14.7. The lowest BCUT2D eigenvalue weighted by Gasteiger charge is -2.30. The van der Waals surface area contributed by atoms with Crippen LogP contribution in [0.15, 0.2) is 72.9 Å². The quantitative estimate of drug-likeness (QED) is 0.249. The minimum atomic E-state index is -1.05. The number of hydrogen-bond acceptors (Lipinski definition) is 3. The maximum Gasteiger partial charge on any atom is 0.230 e. The summed E-state index contributed by atoms with van der Waals surface area (Å²) in [6, 6.07) is 18.1. The molecule has 1 aliphatic carbocycles. The maximum atomic E-state index is 14.7. The van der Waals surface area contributed by atoms with E-state index in [0.29, 0.717) is 16.8 Å². The molecule has 1 atom stereocenters. The van der Waals surface area contributed by atoms with Gasteiger partial charge in [-0.15, -0.1) is 0 Å². The fraction of sp³-hybridized carbons (Fsp3) is 0.281. The topological polar surface area (TPSA) is 55.2 Å². The molecular formula is C32H32FN3O2. The molecule has 0 radical (unpaired) electrons.